The minimum Gasteiger partial charge on any atom is -0.309 e. The maximum atomic E-state index is 9.32. The van der Waals surface area contributed by atoms with Crippen LogP contribution in [0.1, 0.15) is 5.56 Å². The summed E-state index contributed by atoms with van der Waals surface area (Å²) in [6, 6.07) is 40.7. The van der Waals surface area contributed by atoms with Gasteiger partial charge in [-0.25, -0.2) is 0 Å². The van der Waals surface area contributed by atoms with E-state index in [9.17, 15) is 5.26 Å². The second-order valence-corrected chi connectivity index (χ2v) is 8.53. The summed E-state index contributed by atoms with van der Waals surface area (Å²) in [5.74, 6) is 0. The molecule has 2 heteroatoms. The smallest absolute Gasteiger partial charge is 0.0991 e. The normalized spacial score (nSPS) is 11.6. The average Bonchev–Trinajstić information content (AvgIpc) is 3.22. The van der Waals surface area contributed by atoms with E-state index < -0.39 is 0 Å². The SMILES string of the molecule is N#Cc1ccc(-n2c3cc4ccccc4cc3c3c4ccccc4c4ccccc4c32)cc1. The number of fused-ring (bicyclic) bond motifs is 9. The molecule has 33 heavy (non-hydrogen) atoms. The summed E-state index contributed by atoms with van der Waals surface area (Å²) in [5, 5.41) is 19.3. The molecule has 0 fully saturated rings. The maximum absolute atomic E-state index is 9.32. The highest BCUT2D eigenvalue weighted by Gasteiger charge is 2.19. The lowest BCUT2D eigenvalue weighted by atomic mass is 9.96. The lowest BCUT2D eigenvalue weighted by Crippen LogP contribution is -1.95. The molecular formula is C31H18N2. The minimum absolute atomic E-state index is 0.667. The fourth-order valence-electron chi connectivity index (χ4n) is 5.31. The van der Waals surface area contributed by atoms with Crippen LogP contribution in [0.3, 0.4) is 0 Å². The standard InChI is InChI=1S/C31H18N2/c32-19-20-13-15-23(16-14-20)33-29-18-22-8-2-1-7-21(22)17-28(29)30-26-11-5-3-9-24(26)25-10-4-6-12-27(25)31(30)33/h1-18H. The fraction of sp³-hybridized carbons (Fsp3) is 0. The summed E-state index contributed by atoms with van der Waals surface area (Å²) in [5.41, 5.74) is 4.11. The van der Waals surface area contributed by atoms with Crippen molar-refractivity contribution in [2.75, 3.05) is 0 Å². The van der Waals surface area contributed by atoms with Gasteiger partial charge in [0.1, 0.15) is 0 Å². The molecule has 0 saturated carbocycles. The highest BCUT2D eigenvalue weighted by Crippen LogP contribution is 2.43. The zero-order chi connectivity index (χ0) is 21.9. The molecule has 0 radical (unpaired) electrons. The lowest BCUT2D eigenvalue weighted by Gasteiger charge is -2.12. The number of aromatic nitrogens is 1. The van der Waals surface area contributed by atoms with Crippen LogP contribution in [-0.2, 0) is 0 Å². The summed E-state index contributed by atoms with van der Waals surface area (Å²) in [4.78, 5) is 0. The zero-order valence-corrected chi connectivity index (χ0v) is 17.8. The molecule has 0 atom stereocenters. The van der Waals surface area contributed by atoms with Crippen molar-refractivity contribution in [2.24, 2.45) is 0 Å². The van der Waals surface area contributed by atoms with Crippen LogP contribution < -0.4 is 0 Å². The summed E-state index contributed by atoms with van der Waals surface area (Å²) < 4.78 is 2.37. The molecule has 0 amide bonds. The molecule has 1 aromatic heterocycles. The van der Waals surface area contributed by atoms with Gasteiger partial charge in [0.05, 0.1) is 22.7 Å². The van der Waals surface area contributed by atoms with Crippen LogP contribution in [0.4, 0.5) is 0 Å². The van der Waals surface area contributed by atoms with E-state index in [0.29, 0.717) is 5.56 Å². The van der Waals surface area contributed by atoms with Gasteiger partial charge in [-0.15, -0.1) is 0 Å². The Morgan fingerprint density at radius 2 is 1.12 bits per heavy atom. The van der Waals surface area contributed by atoms with Crippen LogP contribution in [0.2, 0.25) is 0 Å². The van der Waals surface area contributed by atoms with Gasteiger partial charge in [0.15, 0.2) is 0 Å². The molecule has 0 aliphatic heterocycles. The Hall–Kier alpha value is -4.61. The van der Waals surface area contributed by atoms with Crippen molar-refractivity contribution >= 4 is 54.1 Å². The van der Waals surface area contributed by atoms with Crippen LogP contribution in [-0.4, -0.2) is 4.57 Å². The summed E-state index contributed by atoms with van der Waals surface area (Å²) in [7, 11) is 0. The van der Waals surface area contributed by atoms with Crippen molar-refractivity contribution in [2.45, 2.75) is 0 Å². The van der Waals surface area contributed by atoms with Crippen LogP contribution in [0.25, 0.3) is 59.8 Å². The van der Waals surface area contributed by atoms with Gasteiger partial charge in [-0.05, 0) is 63.3 Å². The first kappa shape index (κ1) is 18.0. The van der Waals surface area contributed by atoms with E-state index >= 15 is 0 Å². The molecule has 1 heterocycles. The van der Waals surface area contributed by atoms with Gasteiger partial charge in [0.2, 0.25) is 0 Å². The van der Waals surface area contributed by atoms with Crippen LogP contribution in [0.15, 0.2) is 109 Å². The third-order valence-electron chi connectivity index (χ3n) is 6.76. The van der Waals surface area contributed by atoms with E-state index in [1.165, 1.54) is 54.1 Å². The number of rotatable bonds is 1. The Bertz CT molecular complexity index is 1920. The second-order valence-electron chi connectivity index (χ2n) is 8.53. The molecule has 0 aliphatic carbocycles. The Labute approximate surface area is 190 Å². The molecule has 0 saturated heterocycles. The molecule has 6 aromatic carbocycles. The van der Waals surface area contributed by atoms with Gasteiger partial charge in [0, 0.05) is 21.8 Å². The van der Waals surface area contributed by atoms with Crippen LogP contribution in [0, 0.1) is 11.3 Å². The van der Waals surface area contributed by atoms with Gasteiger partial charge in [-0.3, -0.25) is 0 Å². The van der Waals surface area contributed by atoms with Crippen LogP contribution >= 0.6 is 0 Å². The van der Waals surface area contributed by atoms with Crippen LogP contribution in [0.5, 0.6) is 0 Å². The topological polar surface area (TPSA) is 28.7 Å². The summed E-state index contributed by atoms with van der Waals surface area (Å²) in [6.45, 7) is 0. The molecule has 7 aromatic rings. The van der Waals surface area contributed by atoms with Crippen molar-refractivity contribution < 1.29 is 0 Å². The van der Waals surface area contributed by atoms with Crippen molar-refractivity contribution in [1.29, 1.82) is 5.26 Å². The van der Waals surface area contributed by atoms with Gasteiger partial charge in [-0.1, -0.05) is 72.8 Å². The average molecular weight is 418 g/mol. The molecule has 0 N–H and O–H groups in total. The Kier molecular flexibility index (Phi) is 3.65. The number of nitriles is 1. The summed E-state index contributed by atoms with van der Waals surface area (Å²) in [6.07, 6.45) is 0. The zero-order valence-electron chi connectivity index (χ0n) is 17.8. The number of hydrogen-bond acceptors (Lipinski definition) is 1. The summed E-state index contributed by atoms with van der Waals surface area (Å²) >= 11 is 0. The number of nitrogens with zero attached hydrogens (tertiary/aromatic N) is 2. The Morgan fingerprint density at radius 1 is 0.545 bits per heavy atom. The first-order valence-electron chi connectivity index (χ1n) is 11.1. The van der Waals surface area contributed by atoms with Gasteiger partial charge in [-0.2, -0.15) is 5.26 Å². The van der Waals surface area contributed by atoms with Gasteiger partial charge in [0.25, 0.3) is 0 Å². The highest BCUT2D eigenvalue weighted by molar-refractivity contribution is 6.32. The molecule has 0 bridgehead atoms. The lowest BCUT2D eigenvalue weighted by molar-refractivity contribution is 1.19. The molecule has 0 spiro atoms. The van der Waals surface area contributed by atoms with E-state index in [2.05, 4.69) is 108 Å². The monoisotopic (exact) mass is 418 g/mol. The van der Waals surface area contributed by atoms with Crippen molar-refractivity contribution in [3.05, 3.63) is 115 Å². The molecule has 0 unspecified atom stereocenters. The van der Waals surface area contributed by atoms with E-state index in [-0.39, 0.29) is 0 Å². The van der Waals surface area contributed by atoms with Crippen molar-refractivity contribution in [3.63, 3.8) is 0 Å². The predicted octanol–water partition coefficient (Wildman–Crippen LogP) is 8.11. The maximum Gasteiger partial charge on any atom is 0.0991 e. The number of hydrogen-bond donors (Lipinski definition) is 0. The van der Waals surface area contributed by atoms with E-state index in [0.717, 1.165) is 5.69 Å². The second kappa shape index (κ2) is 6.69. The van der Waals surface area contributed by atoms with E-state index in [4.69, 9.17) is 0 Å². The van der Waals surface area contributed by atoms with E-state index in [1.54, 1.807) is 0 Å². The van der Waals surface area contributed by atoms with Gasteiger partial charge >= 0.3 is 0 Å². The quantitative estimate of drug-likeness (QED) is 0.247. The first-order chi connectivity index (χ1) is 16.3. The molecular weight excluding hydrogens is 400 g/mol. The Balaban J connectivity index is 1.81. The Morgan fingerprint density at radius 3 is 1.82 bits per heavy atom. The molecule has 7 rings (SSSR count). The third-order valence-corrected chi connectivity index (χ3v) is 6.76. The number of benzene rings is 6. The fourth-order valence-corrected chi connectivity index (χ4v) is 5.31. The first-order valence-corrected chi connectivity index (χ1v) is 11.1. The predicted molar refractivity (Wildman–Crippen MR) is 138 cm³/mol. The molecule has 0 aliphatic rings. The molecule has 152 valence electrons. The highest BCUT2D eigenvalue weighted by atomic mass is 15.0. The van der Waals surface area contributed by atoms with E-state index in [1.807, 2.05) is 12.1 Å². The minimum atomic E-state index is 0.667. The third kappa shape index (κ3) is 2.48. The van der Waals surface area contributed by atoms with Crippen molar-refractivity contribution in [3.8, 4) is 11.8 Å². The molecule has 2 nitrogen and oxygen atoms in total. The largest absolute Gasteiger partial charge is 0.309 e. The van der Waals surface area contributed by atoms with Crippen molar-refractivity contribution in [1.82, 2.24) is 4.57 Å². The van der Waals surface area contributed by atoms with Gasteiger partial charge < -0.3 is 4.57 Å².